The van der Waals surface area contributed by atoms with E-state index in [1.165, 1.54) is 22.0 Å². The van der Waals surface area contributed by atoms with Crippen molar-refractivity contribution in [3.63, 3.8) is 0 Å². The second kappa shape index (κ2) is 9.60. The lowest BCUT2D eigenvalue weighted by Gasteiger charge is -2.21. The molecule has 1 aromatic carbocycles. The third-order valence-corrected chi connectivity index (χ3v) is 4.91. The van der Waals surface area contributed by atoms with Gasteiger partial charge in [0.2, 0.25) is 0 Å². The predicted octanol–water partition coefficient (Wildman–Crippen LogP) is 3.76. The molecule has 1 fully saturated rings. The Hall–Kier alpha value is -1.28. The van der Waals surface area contributed by atoms with Gasteiger partial charge < -0.3 is 20.4 Å². The fourth-order valence-electron chi connectivity index (χ4n) is 3.44. The van der Waals surface area contributed by atoms with Crippen molar-refractivity contribution in [3.05, 3.63) is 35.5 Å². The summed E-state index contributed by atoms with van der Waals surface area (Å²) in [7, 11) is 0. The molecule has 0 saturated carbocycles. The third kappa shape index (κ3) is 5.13. The Labute approximate surface area is 173 Å². The highest BCUT2D eigenvalue weighted by atomic mass is 127. The number of aryl methyl sites for hydroxylation is 1. The van der Waals surface area contributed by atoms with Gasteiger partial charge in [-0.3, -0.25) is 4.99 Å². The number of aromatic nitrogens is 1. The number of aromatic amines is 1. The zero-order chi connectivity index (χ0) is 17.7. The van der Waals surface area contributed by atoms with E-state index in [0.29, 0.717) is 6.54 Å². The second-order valence-corrected chi connectivity index (χ2v) is 7.09. The molecule has 1 aliphatic heterocycles. The Bertz CT molecular complexity index is 734. The van der Waals surface area contributed by atoms with Crippen molar-refractivity contribution in [2.45, 2.75) is 45.6 Å². The lowest BCUT2D eigenvalue weighted by molar-refractivity contribution is 0.0283. The van der Waals surface area contributed by atoms with Crippen LogP contribution in [0.25, 0.3) is 10.9 Å². The Balaban J connectivity index is 0.00000243. The fourth-order valence-corrected chi connectivity index (χ4v) is 3.44. The molecule has 1 aromatic heterocycles. The molecule has 1 aliphatic rings. The van der Waals surface area contributed by atoms with E-state index in [2.05, 4.69) is 60.8 Å². The first-order valence-corrected chi connectivity index (χ1v) is 9.33. The van der Waals surface area contributed by atoms with Gasteiger partial charge in [-0.05, 0) is 51.2 Å². The summed E-state index contributed by atoms with van der Waals surface area (Å²) in [5, 5.41) is 8.09. The van der Waals surface area contributed by atoms with Crippen LogP contribution in [0.2, 0.25) is 0 Å². The topological polar surface area (TPSA) is 61.4 Å². The normalized spacial score (nSPS) is 20.2. The van der Waals surface area contributed by atoms with Crippen molar-refractivity contribution < 1.29 is 4.74 Å². The number of nitrogens with one attached hydrogen (secondary N) is 3. The number of hydrogen-bond acceptors (Lipinski definition) is 2. The van der Waals surface area contributed by atoms with Crippen LogP contribution in [-0.2, 0) is 11.2 Å². The highest BCUT2D eigenvalue weighted by molar-refractivity contribution is 14.0. The van der Waals surface area contributed by atoms with E-state index in [-0.39, 0.29) is 29.6 Å². The lowest BCUT2D eigenvalue weighted by Crippen LogP contribution is -2.40. The summed E-state index contributed by atoms with van der Waals surface area (Å²) in [6.45, 7) is 9.65. The van der Waals surface area contributed by atoms with Crippen molar-refractivity contribution in [2.75, 3.05) is 26.2 Å². The number of rotatable bonds is 6. The standard InChI is InChI=1S/C20H30N4O.HI/c1-4-21-19(24-14-20(3)10-6-12-25-20)22-11-9-16-13-23-18-15(2)7-5-8-17(16)18;/h5,7-8,13,23H,4,6,9-12,14H2,1-3H3,(H2,21,22,24);1H. The van der Waals surface area contributed by atoms with Gasteiger partial charge in [-0.25, -0.2) is 0 Å². The van der Waals surface area contributed by atoms with E-state index in [9.17, 15) is 0 Å². The molecule has 1 saturated heterocycles. The molecule has 6 heteroatoms. The summed E-state index contributed by atoms with van der Waals surface area (Å²) < 4.78 is 5.82. The number of aliphatic imine (C=N–C) groups is 1. The van der Waals surface area contributed by atoms with E-state index in [4.69, 9.17) is 9.73 Å². The number of ether oxygens (including phenoxy) is 1. The van der Waals surface area contributed by atoms with E-state index in [1.807, 2.05) is 0 Å². The van der Waals surface area contributed by atoms with Crippen molar-refractivity contribution in [3.8, 4) is 0 Å². The third-order valence-electron chi connectivity index (χ3n) is 4.91. The monoisotopic (exact) mass is 470 g/mol. The van der Waals surface area contributed by atoms with E-state index in [0.717, 1.165) is 44.9 Å². The Kier molecular flexibility index (Phi) is 7.76. The molecule has 26 heavy (non-hydrogen) atoms. The van der Waals surface area contributed by atoms with Crippen LogP contribution in [0.3, 0.4) is 0 Å². The molecule has 0 radical (unpaired) electrons. The lowest BCUT2D eigenvalue weighted by atomic mass is 10.0. The molecule has 2 heterocycles. The first kappa shape index (κ1) is 21.0. The van der Waals surface area contributed by atoms with Gasteiger partial charge in [0.25, 0.3) is 0 Å². The van der Waals surface area contributed by atoms with Gasteiger partial charge in [0, 0.05) is 36.8 Å². The van der Waals surface area contributed by atoms with Gasteiger partial charge in [-0.15, -0.1) is 24.0 Å². The van der Waals surface area contributed by atoms with Crippen LogP contribution in [0, 0.1) is 6.92 Å². The number of nitrogens with zero attached hydrogens (tertiary/aromatic N) is 1. The quantitative estimate of drug-likeness (QED) is 0.342. The molecular weight excluding hydrogens is 439 g/mol. The van der Waals surface area contributed by atoms with Gasteiger partial charge in [-0.2, -0.15) is 0 Å². The summed E-state index contributed by atoms with van der Waals surface area (Å²) in [6, 6.07) is 6.45. The largest absolute Gasteiger partial charge is 0.373 e. The number of guanidine groups is 1. The van der Waals surface area contributed by atoms with Crippen molar-refractivity contribution >= 4 is 40.8 Å². The second-order valence-electron chi connectivity index (χ2n) is 7.09. The molecule has 144 valence electrons. The van der Waals surface area contributed by atoms with Gasteiger partial charge in [0.1, 0.15) is 0 Å². The summed E-state index contributed by atoms with van der Waals surface area (Å²) in [5.74, 6) is 0.871. The Morgan fingerprint density at radius 3 is 2.92 bits per heavy atom. The summed E-state index contributed by atoms with van der Waals surface area (Å²) in [5.41, 5.74) is 3.77. The van der Waals surface area contributed by atoms with Gasteiger partial charge in [0.05, 0.1) is 12.1 Å². The van der Waals surface area contributed by atoms with Crippen LogP contribution >= 0.6 is 24.0 Å². The maximum absolute atomic E-state index is 5.82. The average molecular weight is 470 g/mol. The molecule has 1 atom stereocenters. The predicted molar refractivity (Wildman–Crippen MR) is 120 cm³/mol. The minimum atomic E-state index is -0.100. The number of hydrogen-bond donors (Lipinski definition) is 3. The SMILES string of the molecule is CCNC(=NCC1(C)CCCO1)NCCc1c[nH]c2c(C)cccc12.I. The van der Waals surface area contributed by atoms with Crippen molar-refractivity contribution in [1.29, 1.82) is 0 Å². The molecule has 1 unspecified atom stereocenters. The van der Waals surface area contributed by atoms with E-state index in [1.54, 1.807) is 0 Å². The van der Waals surface area contributed by atoms with Crippen molar-refractivity contribution in [1.82, 2.24) is 15.6 Å². The van der Waals surface area contributed by atoms with E-state index < -0.39 is 0 Å². The highest BCUT2D eigenvalue weighted by Crippen LogP contribution is 2.25. The molecule has 2 aromatic rings. The smallest absolute Gasteiger partial charge is 0.191 e. The van der Waals surface area contributed by atoms with Crippen LogP contribution in [0.5, 0.6) is 0 Å². The molecular formula is C20H31IN4O. The minimum Gasteiger partial charge on any atom is -0.373 e. The van der Waals surface area contributed by atoms with E-state index >= 15 is 0 Å². The van der Waals surface area contributed by atoms with Crippen molar-refractivity contribution in [2.24, 2.45) is 4.99 Å². The summed E-state index contributed by atoms with van der Waals surface area (Å²) in [4.78, 5) is 8.12. The van der Waals surface area contributed by atoms with Crippen LogP contribution in [-0.4, -0.2) is 42.8 Å². The van der Waals surface area contributed by atoms with Gasteiger partial charge in [0.15, 0.2) is 5.96 Å². The molecule has 5 nitrogen and oxygen atoms in total. The number of halogens is 1. The maximum atomic E-state index is 5.82. The fraction of sp³-hybridized carbons (Fsp3) is 0.550. The summed E-state index contributed by atoms with van der Waals surface area (Å²) >= 11 is 0. The molecule has 0 spiro atoms. The molecule has 0 aliphatic carbocycles. The Morgan fingerprint density at radius 2 is 2.19 bits per heavy atom. The molecule has 3 N–H and O–H groups in total. The summed E-state index contributed by atoms with van der Waals surface area (Å²) in [6.07, 6.45) is 5.30. The van der Waals surface area contributed by atoms with Gasteiger partial charge in [-0.1, -0.05) is 18.2 Å². The number of fused-ring (bicyclic) bond motifs is 1. The first-order chi connectivity index (χ1) is 12.1. The number of para-hydroxylation sites is 1. The molecule has 0 bridgehead atoms. The number of H-pyrrole nitrogens is 1. The minimum absolute atomic E-state index is 0. The van der Waals surface area contributed by atoms with Gasteiger partial charge >= 0.3 is 0 Å². The molecule has 3 rings (SSSR count). The average Bonchev–Trinajstić information content (AvgIpc) is 3.21. The maximum Gasteiger partial charge on any atom is 0.191 e. The van der Waals surface area contributed by atoms with Crippen LogP contribution in [0.1, 0.15) is 37.8 Å². The highest BCUT2D eigenvalue weighted by Gasteiger charge is 2.29. The van der Waals surface area contributed by atoms with Crippen LogP contribution in [0.15, 0.2) is 29.4 Å². The zero-order valence-corrected chi connectivity index (χ0v) is 18.4. The van der Waals surface area contributed by atoms with Crippen LogP contribution in [0.4, 0.5) is 0 Å². The first-order valence-electron chi connectivity index (χ1n) is 9.33. The van der Waals surface area contributed by atoms with Crippen LogP contribution < -0.4 is 10.6 Å². The zero-order valence-electron chi connectivity index (χ0n) is 16.0. The number of benzene rings is 1. The molecule has 0 amide bonds. The Morgan fingerprint density at radius 1 is 1.35 bits per heavy atom.